The van der Waals surface area contributed by atoms with Gasteiger partial charge in [0.15, 0.2) is 17.5 Å². The molecule has 1 aliphatic heterocycles. The summed E-state index contributed by atoms with van der Waals surface area (Å²) < 4.78 is 15.8. The first-order chi connectivity index (χ1) is 12.3. The summed E-state index contributed by atoms with van der Waals surface area (Å²) in [6.07, 6.45) is 0. The van der Waals surface area contributed by atoms with Gasteiger partial charge in [-0.15, -0.1) is 0 Å². The number of nitrogens with zero attached hydrogens (tertiary/aromatic N) is 1. The Morgan fingerprint density at radius 3 is 2.32 bits per heavy atom. The van der Waals surface area contributed by atoms with E-state index in [1.54, 1.807) is 14.2 Å². The van der Waals surface area contributed by atoms with Crippen LogP contribution in [0.3, 0.4) is 0 Å². The van der Waals surface area contributed by atoms with Gasteiger partial charge < -0.3 is 24.8 Å². The lowest BCUT2D eigenvalue weighted by molar-refractivity contribution is 0.174. The predicted molar refractivity (Wildman–Crippen MR) is 96.8 cm³/mol. The molecule has 0 aromatic heterocycles. The van der Waals surface area contributed by atoms with Gasteiger partial charge in [-0.2, -0.15) is 0 Å². The Labute approximate surface area is 147 Å². The molecule has 0 saturated heterocycles. The van der Waals surface area contributed by atoms with Crippen LogP contribution in [0.4, 0.5) is 0 Å². The molecule has 132 valence electrons. The highest BCUT2D eigenvalue weighted by molar-refractivity contribution is 5.79. The van der Waals surface area contributed by atoms with Crippen LogP contribution >= 0.6 is 0 Å². The maximum Gasteiger partial charge on any atom is 0.231 e. The second-order valence-electron chi connectivity index (χ2n) is 5.72. The van der Waals surface area contributed by atoms with Crippen molar-refractivity contribution < 1.29 is 14.2 Å². The Kier molecular flexibility index (Phi) is 5.74. The number of guanidine groups is 1. The summed E-state index contributed by atoms with van der Waals surface area (Å²) in [7, 11) is 3.46. The van der Waals surface area contributed by atoms with Crippen LogP contribution in [-0.2, 0) is 24.4 Å². The second kappa shape index (κ2) is 8.39. The fraction of sp³-hybridized carbons (Fsp3) is 0.316. The Morgan fingerprint density at radius 2 is 1.60 bits per heavy atom. The molecule has 0 atom stereocenters. The molecular formula is C19H23N3O3. The van der Waals surface area contributed by atoms with Crippen molar-refractivity contribution in [2.75, 3.05) is 21.0 Å². The molecule has 0 saturated carbocycles. The van der Waals surface area contributed by atoms with Crippen LogP contribution in [0.15, 0.2) is 47.5 Å². The summed E-state index contributed by atoms with van der Waals surface area (Å²) in [6.45, 7) is 2.28. The molecule has 0 unspecified atom stereocenters. The maximum absolute atomic E-state index is 5.40. The largest absolute Gasteiger partial charge is 0.454 e. The topological polar surface area (TPSA) is 64.1 Å². The van der Waals surface area contributed by atoms with E-state index in [1.165, 1.54) is 5.56 Å². The van der Waals surface area contributed by atoms with Crippen LogP contribution in [0, 0.1) is 0 Å². The van der Waals surface area contributed by atoms with Crippen LogP contribution in [0.5, 0.6) is 11.5 Å². The van der Waals surface area contributed by atoms with E-state index in [2.05, 4.69) is 39.9 Å². The Hall–Kier alpha value is -2.73. The number of benzene rings is 2. The molecule has 2 aromatic rings. The Balaban J connectivity index is 1.49. The van der Waals surface area contributed by atoms with E-state index in [0.29, 0.717) is 26.5 Å². The molecule has 2 aromatic carbocycles. The molecular weight excluding hydrogens is 318 g/mol. The van der Waals surface area contributed by atoms with Crippen LogP contribution in [0.2, 0.25) is 0 Å². The summed E-state index contributed by atoms with van der Waals surface area (Å²) in [5.74, 6) is 2.33. The molecule has 25 heavy (non-hydrogen) atoms. The smallest absolute Gasteiger partial charge is 0.231 e. The lowest BCUT2D eigenvalue weighted by Crippen LogP contribution is -2.36. The lowest BCUT2D eigenvalue weighted by atomic mass is 10.1. The number of hydrogen-bond acceptors (Lipinski definition) is 4. The SMILES string of the molecule is CN=C(NCc1ccc(COC)cc1)NCc1ccc2c(c1)OCO2. The summed E-state index contributed by atoms with van der Waals surface area (Å²) in [5.41, 5.74) is 3.46. The zero-order valence-corrected chi connectivity index (χ0v) is 14.5. The van der Waals surface area contributed by atoms with Crippen molar-refractivity contribution in [3.05, 3.63) is 59.2 Å². The van der Waals surface area contributed by atoms with Crippen LogP contribution in [0.25, 0.3) is 0 Å². The molecule has 0 amide bonds. The first kappa shape index (κ1) is 17.1. The first-order valence-electron chi connectivity index (χ1n) is 8.18. The minimum absolute atomic E-state index is 0.290. The van der Waals surface area contributed by atoms with Crippen molar-refractivity contribution in [3.8, 4) is 11.5 Å². The van der Waals surface area contributed by atoms with Gasteiger partial charge in [-0.05, 0) is 28.8 Å². The van der Waals surface area contributed by atoms with E-state index >= 15 is 0 Å². The van der Waals surface area contributed by atoms with Gasteiger partial charge in [0.1, 0.15) is 0 Å². The van der Waals surface area contributed by atoms with Gasteiger partial charge in [0, 0.05) is 27.2 Å². The highest BCUT2D eigenvalue weighted by atomic mass is 16.7. The van der Waals surface area contributed by atoms with Crippen molar-refractivity contribution in [3.63, 3.8) is 0 Å². The summed E-state index contributed by atoms with van der Waals surface area (Å²) >= 11 is 0. The van der Waals surface area contributed by atoms with Crippen molar-refractivity contribution in [1.82, 2.24) is 10.6 Å². The third-order valence-corrected chi connectivity index (χ3v) is 3.91. The van der Waals surface area contributed by atoms with Gasteiger partial charge in [-0.1, -0.05) is 30.3 Å². The molecule has 1 aliphatic rings. The zero-order chi connectivity index (χ0) is 17.5. The number of rotatable bonds is 6. The predicted octanol–water partition coefficient (Wildman–Crippen LogP) is 2.43. The van der Waals surface area contributed by atoms with E-state index in [0.717, 1.165) is 28.6 Å². The van der Waals surface area contributed by atoms with E-state index in [4.69, 9.17) is 14.2 Å². The van der Waals surface area contributed by atoms with Gasteiger partial charge in [-0.25, -0.2) is 0 Å². The number of aliphatic imine (C=N–C) groups is 1. The van der Waals surface area contributed by atoms with Gasteiger partial charge in [-0.3, -0.25) is 4.99 Å². The maximum atomic E-state index is 5.40. The molecule has 3 rings (SSSR count). The summed E-state index contributed by atoms with van der Waals surface area (Å²) in [5, 5.41) is 6.61. The van der Waals surface area contributed by atoms with Crippen molar-refractivity contribution in [2.45, 2.75) is 19.7 Å². The molecule has 0 radical (unpaired) electrons. The molecule has 0 fully saturated rings. The number of ether oxygens (including phenoxy) is 3. The Bertz CT molecular complexity index is 729. The van der Waals surface area contributed by atoms with Gasteiger partial charge in [0.05, 0.1) is 6.61 Å². The van der Waals surface area contributed by atoms with Gasteiger partial charge >= 0.3 is 0 Å². The number of nitrogens with one attached hydrogen (secondary N) is 2. The van der Waals surface area contributed by atoms with E-state index in [9.17, 15) is 0 Å². The fourth-order valence-corrected chi connectivity index (χ4v) is 2.56. The van der Waals surface area contributed by atoms with E-state index in [1.807, 2.05) is 18.2 Å². The lowest BCUT2D eigenvalue weighted by Gasteiger charge is -2.12. The summed E-state index contributed by atoms with van der Waals surface area (Å²) in [6, 6.07) is 14.3. The molecule has 0 bridgehead atoms. The highest BCUT2D eigenvalue weighted by Crippen LogP contribution is 2.32. The van der Waals surface area contributed by atoms with Crippen LogP contribution in [-0.4, -0.2) is 26.9 Å². The number of hydrogen-bond donors (Lipinski definition) is 2. The average Bonchev–Trinajstić information content (AvgIpc) is 3.11. The third-order valence-electron chi connectivity index (χ3n) is 3.91. The van der Waals surface area contributed by atoms with Gasteiger partial charge in [0.25, 0.3) is 0 Å². The van der Waals surface area contributed by atoms with Crippen LogP contribution in [0.1, 0.15) is 16.7 Å². The highest BCUT2D eigenvalue weighted by Gasteiger charge is 2.13. The molecule has 2 N–H and O–H groups in total. The quantitative estimate of drug-likeness (QED) is 0.624. The van der Waals surface area contributed by atoms with Crippen LogP contribution < -0.4 is 20.1 Å². The minimum Gasteiger partial charge on any atom is -0.454 e. The molecule has 6 nitrogen and oxygen atoms in total. The standard InChI is InChI=1S/C19H23N3O3/c1-20-19(21-10-14-3-5-15(6-4-14)12-23-2)22-11-16-7-8-17-18(9-16)25-13-24-17/h3-9H,10-13H2,1-2H3,(H2,20,21,22). The summed E-state index contributed by atoms with van der Waals surface area (Å²) in [4.78, 5) is 4.26. The monoisotopic (exact) mass is 341 g/mol. The van der Waals surface area contributed by atoms with Crippen molar-refractivity contribution in [2.24, 2.45) is 4.99 Å². The normalized spacial score (nSPS) is 13.0. The molecule has 6 heteroatoms. The van der Waals surface area contributed by atoms with Gasteiger partial charge in [0.2, 0.25) is 6.79 Å². The number of fused-ring (bicyclic) bond motifs is 1. The van der Waals surface area contributed by atoms with Crippen molar-refractivity contribution >= 4 is 5.96 Å². The van der Waals surface area contributed by atoms with E-state index in [-0.39, 0.29) is 0 Å². The first-order valence-corrected chi connectivity index (χ1v) is 8.18. The zero-order valence-electron chi connectivity index (χ0n) is 14.5. The number of methoxy groups -OCH3 is 1. The van der Waals surface area contributed by atoms with Crippen molar-refractivity contribution in [1.29, 1.82) is 0 Å². The fourth-order valence-electron chi connectivity index (χ4n) is 2.56. The minimum atomic E-state index is 0.290. The second-order valence-corrected chi connectivity index (χ2v) is 5.72. The van der Waals surface area contributed by atoms with E-state index < -0.39 is 0 Å². The average molecular weight is 341 g/mol. The molecule has 0 spiro atoms. The molecule has 1 heterocycles. The molecule has 0 aliphatic carbocycles. The Morgan fingerprint density at radius 1 is 0.960 bits per heavy atom. The third kappa shape index (κ3) is 4.64.